The first-order valence-electron chi connectivity index (χ1n) is 11.5. The third-order valence-electron chi connectivity index (χ3n) is 6.04. The van der Waals surface area contributed by atoms with Gasteiger partial charge in [-0.15, -0.1) is 0 Å². The summed E-state index contributed by atoms with van der Waals surface area (Å²) in [6.45, 7) is 3.66. The first-order chi connectivity index (χ1) is 16.3. The zero-order valence-electron chi connectivity index (χ0n) is 19.8. The first-order valence-corrected chi connectivity index (χ1v) is 11.9. The van der Waals surface area contributed by atoms with Gasteiger partial charge in [-0.3, -0.25) is 0 Å². The molecule has 3 nitrogen and oxygen atoms in total. The maximum absolute atomic E-state index is 10.5. The predicted octanol–water partition coefficient (Wildman–Crippen LogP) is 7.61. The van der Waals surface area contributed by atoms with Gasteiger partial charge in [0.1, 0.15) is 0 Å². The Kier molecular flexibility index (Phi) is 7.47. The molecule has 1 heterocycles. The maximum atomic E-state index is 10.5. The van der Waals surface area contributed by atoms with Crippen molar-refractivity contribution >= 4 is 34.7 Å². The van der Waals surface area contributed by atoms with E-state index in [0.717, 1.165) is 51.7 Å². The molecule has 0 saturated heterocycles. The summed E-state index contributed by atoms with van der Waals surface area (Å²) in [6, 6.07) is 26.3. The fourth-order valence-electron chi connectivity index (χ4n) is 4.29. The van der Waals surface area contributed by atoms with Gasteiger partial charge in [-0.2, -0.15) is 0 Å². The molecule has 4 rings (SSSR count). The molecule has 0 radical (unpaired) electrons. The molecular formula is C30H30ClNO2. The molecule has 174 valence electrons. The minimum atomic E-state index is -0.869. The van der Waals surface area contributed by atoms with E-state index in [0.29, 0.717) is 5.02 Å². The molecule has 0 aliphatic rings. The zero-order chi connectivity index (χ0) is 24.1. The number of aromatic nitrogens is 1. The summed E-state index contributed by atoms with van der Waals surface area (Å²) in [5.74, 6) is 0. The van der Waals surface area contributed by atoms with Crippen LogP contribution in [0, 0.1) is 0 Å². The van der Waals surface area contributed by atoms with Crippen LogP contribution in [0.2, 0.25) is 5.02 Å². The van der Waals surface area contributed by atoms with Crippen molar-refractivity contribution in [2.24, 2.45) is 0 Å². The lowest BCUT2D eigenvalue weighted by atomic mass is 9.90. The number of hydrogen-bond donors (Lipinski definition) is 1. The Morgan fingerprint density at radius 1 is 0.971 bits per heavy atom. The second kappa shape index (κ2) is 10.5. The van der Waals surface area contributed by atoms with E-state index in [2.05, 4.69) is 42.5 Å². The summed E-state index contributed by atoms with van der Waals surface area (Å²) in [5.41, 5.74) is 5.22. The van der Waals surface area contributed by atoms with Gasteiger partial charge in [0.05, 0.1) is 22.9 Å². The van der Waals surface area contributed by atoms with E-state index in [9.17, 15) is 5.11 Å². The minimum Gasteiger partial charge on any atom is -0.386 e. The van der Waals surface area contributed by atoms with Crippen LogP contribution in [0.3, 0.4) is 0 Å². The van der Waals surface area contributed by atoms with Gasteiger partial charge in [0.25, 0.3) is 0 Å². The first kappa shape index (κ1) is 24.2. The number of ether oxygens (including phenoxy) is 1. The van der Waals surface area contributed by atoms with Crippen LogP contribution in [0.15, 0.2) is 78.9 Å². The molecule has 0 spiro atoms. The van der Waals surface area contributed by atoms with Crippen molar-refractivity contribution in [2.75, 3.05) is 7.11 Å². The molecule has 0 aliphatic carbocycles. The van der Waals surface area contributed by atoms with Gasteiger partial charge in [-0.25, -0.2) is 4.98 Å². The highest BCUT2D eigenvalue weighted by atomic mass is 35.5. The summed E-state index contributed by atoms with van der Waals surface area (Å²) in [5, 5.41) is 12.3. The van der Waals surface area contributed by atoms with Gasteiger partial charge in [-0.1, -0.05) is 72.3 Å². The van der Waals surface area contributed by atoms with Crippen LogP contribution in [-0.2, 0) is 16.8 Å². The van der Waals surface area contributed by atoms with Crippen molar-refractivity contribution in [3.05, 3.63) is 112 Å². The van der Waals surface area contributed by atoms with Crippen LogP contribution < -0.4 is 0 Å². The zero-order valence-corrected chi connectivity index (χ0v) is 20.6. The van der Waals surface area contributed by atoms with Gasteiger partial charge in [0.15, 0.2) is 0 Å². The number of nitrogens with zero attached hydrogens (tertiary/aromatic N) is 1. The van der Waals surface area contributed by atoms with Crippen molar-refractivity contribution in [1.82, 2.24) is 4.98 Å². The van der Waals surface area contributed by atoms with E-state index < -0.39 is 5.60 Å². The molecule has 3 aromatic carbocycles. The summed E-state index contributed by atoms with van der Waals surface area (Å²) in [4.78, 5) is 4.70. The number of hydrogen-bond acceptors (Lipinski definition) is 3. The van der Waals surface area contributed by atoms with Gasteiger partial charge < -0.3 is 9.84 Å². The fourth-order valence-corrected chi connectivity index (χ4v) is 4.45. The number of benzene rings is 3. The number of aliphatic hydroxyl groups is 1. The Hall–Kier alpha value is -2.98. The fraction of sp³-hybridized carbons (Fsp3) is 0.233. The Morgan fingerprint density at radius 3 is 2.56 bits per heavy atom. The van der Waals surface area contributed by atoms with Crippen LogP contribution >= 0.6 is 11.6 Å². The molecule has 0 fully saturated rings. The summed E-state index contributed by atoms with van der Waals surface area (Å²) < 4.78 is 5.85. The third-order valence-corrected chi connectivity index (χ3v) is 6.28. The number of aryl methyl sites for hydroxylation is 1. The van der Waals surface area contributed by atoms with E-state index in [1.807, 2.05) is 62.4 Å². The highest BCUT2D eigenvalue weighted by Crippen LogP contribution is 2.29. The van der Waals surface area contributed by atoms with Crippen molar-refractivity contribution in [3.8, 4) is 0 Å². The van der Waals surface area contributed by atoms with Gasteiger partial charge in [0, 0.05) is 17.5 Å². The topological polar surface area (TPSA) is 42.4 Å². The van der Waals surface area contributed by atoms with Crippen molar-refractivity contribution < 1.29 is 9.84 Å². The van der Waals surface area contributed by atoms with Crippen LogP contribution in [0.4, 0.5) is 0 Å². The normalized spacial score (nSPS) is 13.0. The standard InChI is InChI=1S/C30H30ClNO2/c1-30(2,33)27-10-5-4-8-22(27)14-18-29(34-3)24-9-6-7-21(19-24)11-16-26-17-13-23-12-15-25(31)20-28(23)32-26/h4-13,15-17,19-20,29,33H,14,18H2,1-3H3/b16-11+. The lowest BCUT2D eigenvalue weighted by molar-refractivity contribution is 0.0760. The van der Waals surface area contributed by atoms with Crippen LogP contribution in [-0.4, -0.2) is 17.2 Å². The van der Waals surface area contributed by atoms with Crippen molar-refractivity contribution in [1.29, 1.82) is 0 Å². The number of rotatable bonds is 8. The molecule has 1 aromatic heterocycles. The lowest BCUT2D eigenvalue weighted by Gasteiger charge is -2.23. The molecule has 1 atom stereocenters. The number of methoxy groups -OCH3 is 1. The Labute approximate surface area is 206 Å². The smallest absolute Gasteiger partial charge is 0.0843 e. The maximum Gasteiger partial charge on any atom is 0.0843 e. The van der Waals surface area contributed by atoms with Gasteiger partial charge >= 0.3 is 0 Å². The van der Waals surface area contributed by atoms with E-state index in [-0.39, 0.29) is 6.10 Å². The summed E-state index contributed by atoms with van der Waals surface area (Å²) in [6.07, 6.45) is 5.69. The summed E-state index contributed by atoms with van der Waals surface area (Å²) in [7, 11) is 1.75. The highest BCUT2D eigenvalue weighted by molar-refractivity contribution is 6.31. The van der Waals surface area contributed by atoms with E-state index >= 15 is 0 Å². The Morgan fingerprint density at radius 2 is 1.76 bits per heavy atom. The Balaban J connectivity index is 1.50. The van der Waals surface area contributed by atoms with Gasteiger partial charge in [-0.05, 0) is 79.3 Å². The molecule has 34 heavy (non-hydrogen) atoms. The third kappa shape index (κ3) is 5.92. The number of halogens is 1. The number of pyridine rings is 1. The lowest BCUT2D eigenvalue weighted by Crippen LogP contribution is -2.18. The van der Waals surface area contributed by atoms with E-state index in [4.69, 9.17) is 21.3 Å². The largest absolute Gasteiger partial charge is 0.386 e. The molecular weight excluding hydrogens is 442 g/mol. The monoisotopic (exact) mass is 471 g/mol. The summed E-state index contributed by atoms with van der Waals surface area (Å²) >= 11 is 6.12. The average molecular weight is 472 g/mol. The van der Waals surface area contributed by atoms with Crippen LogP contribution in [0.5, 0.6) is 0 Å². The predicted molar refractivity (Wildman–Crippen MR) is 142 cm³/mol. The SMILES string of the molecule is COC(CCc1ccccc1C(C)(C)O)c1cccc(/C=C/c2ccc3ccc(Cl)cc3n2)c1. The van der Waals surface area contributed by atoms with Crippen LogP contribution in [0.25, 0.3) is 23.1 Å². The quantitative estimate of drug-likeness (QED) is 0.287. The average Bonchev–Trinajstić information content (AvgIpc) is 2.83. The molecule has 4 aromatic rings. The molecule has 0 saturated carbocycles. The number of fused-ring (bicyclic) bond motifs is 1. The van der Waals surface area contributed by atoms with Gasteiger partial charge in [0.2, 0.25) is 0 Å². The molecule has 0 amide bonds. The van der Waals surface area contributed by atoms with Crippen molar-refractivity contribution in [2.45, 2.75) is 38.4 Å². The second-order valence-electron chi connectivity index (χ2n) is 9.06. The highest BCUT2D eigenvalue weighted by Gasteiger charge is 2.20. The minimum absolute atomic E-state index is 0.0378. The molecule has 0 bridgehead atoms. The molecule has 1 N–H and O–H groups in total. The molecule has 1 unspecified atom stereocenters. The van der Waals surface area contributed by atoms with Crippen LogP contribution in [0.1, 0.15) is 54.3 Å². The second-order valence-corrected chi connectivity index (χ2v) is 9.49. The molecule has 4 heteroatoms. The molecule has 0 aliphatic heterocycles. The Bertz CT molecular complexity index is 1310. The van der Waals surface area contributed by atoms with E-state index in [1.54, 1.807) is 7.11 Å². The van der Waals surface area contributed by atoms with E-state index in [1.165, 1.54) is 0 Å². The van der Waals surface area contributed by atoms with Crippen molar-refractivity contribution in [3.63, 3.8) is 0 Å².